The first kappa shape index (κ1) is 20.2. The number of carbonyl (C=O) groups is 1. The third-order valence-corrected chi connectivity index (χ3v) is 4.38. The maximum absolute atomic E-state index is 12.5. The van der Waals surface area contributed by atoms with Crippen molar-refractivity contribution in [3.63, 3.8) is 0 Å². The highest BCUT2D eigenvalue weighted by atomic mass is 16.5. The number of hydrogen-bond acceptors (Lipinski definition) is 6. The van der Waals surface area contributed by atoms with Gasteiger partial charge < -0.3 is 34.0 Å². The van der Waals surface area contributed by atoms with E-state index in [1.54, 1.807) is 46.6 Å². The van der Waals surface area contributed by atoms with E-state index in [0.29, 0.717) is 53.1 Å². The molecule has 1 heterocycles. The van der Waals surface area contributed by atoms with Gasteiger partial charge in [0.15, 0.2) is 11.5 Å². The number of amides is 1. The second-order valence-electron chi connectivity index (χ2n) is 6.07. The van der Waals surface area contributed by atoms with E-state index >= 15 is 0 Å². The molecule has 0 saturated heterocycles. The zero-order valence-electron chi connectivity index (χ0n) is 16.8. The summed E-state index contributed by atoms with van der Waals surface area (Å²) >= 11 is 0. The van der Waals surface area contributed by atoms with E-state index < -0.39 is 0 Å². The van der Waals surface area contributed by atoms with Gasteiger partial charge in [-0.15, -0.1) is 0 Å². The number of ether oxygens (including phenoxy) is 5. The Balaban J connectivity index is 1.69. The van der Waals surface area contributed by atoms with Gasteiger partial charge in [0.25, 0.3) is 5.91 Å². The maximum Gasteiger partial charge on any atom is 0.267 e. The van der Waals surface area contributed by atoms with Crippen molar-refractivity contribution in [2.45, 2.75) is 0 Å². The first-order valence-electron chi connectivity index (χ1n) is 8.98. The van der Waals surface area contributed by atoms with Crippen molar-refractivity contribution in [2.24, 2.45) is 0 Å². The molecule has 2 aromatic carbocycles. The van der Waals surface area contributed by atoms with E-state index in [0.717, 1.165) is 5.39 Å². The molecule has 0 aliphatic heterocycles. The Kier molecular flexibility index (Phi) is 6.33. The summed E-state index contributed by atoms with van der Waals surface area (Å²) < 4.78 is 27.0. The lowest BCUT2D eigenvalue weighted by molar-refractivity contribution is 0.0943. The summed E-state index contributed by atoms with van der Waals surface area (Å²) in [6.07, 6.45) is 0. The zero-order valence-corrected chi connectivity index (χ0v) is 16.8. The predicted molar refractivity (Wildman–Crippen MR) is 109 cm³/mol. The van der Waals surface area contributed by atoms with Gasteiger partial charge in [-0.3, -0.25) is 4.79 Å². The number of nitrogens with one attached hydrogen (secondary N) is 2. The Hall–Kier alpha value is -3.55. The van der Waals surface area contributed by atoms with E-state index in [1.165, 1.54) is 0 Å². The Morgan fingerprint density at radius 1 is 0.931 bits per heavy atom. The van der Waals surface area contributed by atoms with Crippen LogP contribution < -0.4 is 29.0 Å². The number of aromatic amines is 1. The van der Waals surface area contributed by atoms with Crippen molar-refractivity contribution in [3.8, 4) is 28.7 Å². The molecule has 1 aromatic heterocycles. The largest absolute Gasteiger partial charge is 0.497 e. The molecule has 0 radical (unpaired) electrons. The van der Waals surface area contributed by atoms with Gasteiger partial charge in [-0.2, -0.15) is 0 Å². The van der Waals surface area contributed by atoms with Crippen LogP contribution >= 0.6 is 0 Å². The number of rotatable bonds is 9. The van der Waals surface area contributed by atoms with Crippen LogP contribution in [0.25, 0.3) is 10.9 Å². The molecule has 0 spiro atoms. The number of hydrogen-bond donors (Lipinski definition) is 2. The third-order valence-electron chi connectivity index (χ3n) is 4.38. The normalized spacial score (nSPS) is 10.5. The molecule has 8 nitrogen and oxygen atoms in total. The molecular formula is C21H24N2O6. The minimum Gasteiger partial charge on any atom is -0.497 e. The topological polar surface area (TPSA) is 91.0 Å². The summed E-state index contributed by atoms with van der Waals surface area (Å²) in [6, 6.07) is 10.7. The van der Waals surface area contributed by atoms with Crippen molar-refractivity contribution in [1.29, 1.82) is 0 Å². The summed E-state index contributed by atoms with van der Waals surface area (Å²) in [5, 5.41) is 3.55. The van der Waals surface area contributed by atoms with Gasteiger partial charge >= 0.3 is 0 Å². The van der Waals surface area contributed by atoms with Crippen LogP contribution in [0.5, 0.6) is 28.7 Å². The number of benzene rings is 2. The lowest BCUT2D eigenvalue weighted by atomic mass is 10.2. The molecule has 3 rings (SSSR count). The van der Waals surface area contributed by atoms with Crippen molar-refractivity contribution in [3.05, 3.63) is 42.1 Å². The van der Waals surface area contributed by atoms with Crippen molar-refractivity contribution >= 4 is 16.8 Å². The number of fused-ring (bicyclic) bond motifs is 1. The average Bonchev–Trinajstić information content (AvgIpc) is 3.20. The highest BCUT2D eigenvalue weighted by Crippen LogP contribution is 2.41. The molecule has 0 aliphatic rings. The highest BCUT2D eigenvalue weighted by Gasteiger charge is 2.19. The van der Waals surface area contributed by atoms with Crippen LogP contribution in [0, 0.1) is 0 Å². The molecule has 0 saturated carbocycles. The van der Waals surface area contributed by atoms with Crippen molar-refractivity contribution < 1.29 is 28.5 Å². The fourth-order valence-electron chi connectivity index (χ4n) is 2.98. The van der Waals surface area contributed by atoms with E-state index in [1.807, 2.05) is 18.2 Å². The second-order valence-corrected chi connectivity index (χ2v) is 6.07. The lowest BCUT2D eigenvalue weighted by Gasteiger charge is -2.11. The van der Waals surface area contributed by atoms with Gasteiger partial charge in [0.05, 0.1) is 40.5 Å². The number of aromatic nitrogens is 1. The summed E-state index contributed by atoms with van der Waals surface area (Å²) in [5.41, 5.74) is 1.01. The molecule has 154 valence electrons. The monoisotopic (exact) mass is 400 g/mol. The standard InChI is InChI=1S/C21H24N2O6/c1-25-13-6-5-7-14(10-13)29-9-8-22-21(24)16-11-15-17(26-2)12-18(27-3)20(28-4)19(15)23-16/h5-7,10-12,23H,8-9H2,1-4H3,(H,22,24). The molecule has 0 unspecified atom stereocenters. The van der Waals surface area contributed by atoms with Gasteiger partial charge in [0, 0.05) is 17.5 Å². The van der Waals surface area contributed by atoms with E-state index in [4.69, 9.17) is 23.7 Å². The Morgan fingerprint density at radius 3 is 2.38 bits per heavy atom. The van der Waals surface area contributed by atoms with Gasteiger partial charge in [0.2, 0.25) is 0 Å². The van der Waals surface area contributed by atoms with E-state index in [2.05, 4.69) is 10.3 Å². The predicted octanol–water partition coefficient (Wildman–Crippen LogP) is 3.01. The minimum absolute atomic E-state index is 0.265. The molecule has 3 aromatic rings. The molecule has 0 atom stereocenters. The summed E-state index contributed by atoms with van der Waals surface area (Å²) in [4.78, 5) is 15.6. The molecular weight excluding hydrogens is 376 g/mol. The Bertz CT molecular complexity index is 998. The van der Waals surface area contributed by atoms with E-state index in [-0.39, 0.29) is 5.91 Å². The molecule has 8 heteroatoms. The summed E-state index contributed by atoms with van der Waals surface area (Å²) in [7, 11) is 6.24. The minimum atomic E-state index is -0.265. The van der Waals surface area contributed by atoms with Crippen LogP contribution in [0.1, 0.15) is 10.5 Å². The highest BCUT2D eigenvalue weighted by molar-refractivity contribution is 6.02. The first-order chi connectivity index (χ1) is 14.1. The lowest BCUT2D eigenvalue weighted by Crippen LogP contribution is -2.28. The van der Waals surface area contributed by atoms with E-state index in [9.17, 15) is 4.79 Å². The van der Waals surface area contributed by atoms with Crippen LogP contribution in [-0.2, 0) is 0 Å². The van der Waals surface area contributed by atoms with Crippen LogP contribution in [0.3, 0.4) is 0 Å². The SMILES string of the molecule is COc1cccc(OCCNC(=O)c2cc3c(OC)cc(OC)c(OC)c3[nH]2)c1. The molecule has 2 N–H and O–H groups in total. The van der Waals surface area contributed by atoms with Crippen molar-refractivity contribution in [2.75, 3.05) is 41.6 Å². The Labute approximate surface area is 168 Å². The maximum atomic E-state index is 12.5. The fraction of sp³-hybridized carbons (Fsp3) is 0.286. The third kappa shape index (κ3) is 4.31. The van der Waals surface area contributed by atoms with Gasteiger partial charge in [-0.25, -0.2) is 0 Å². The molecule has 0 aliphatic carbocycles. The van der Waals surface area contributed by atoms with Crippen LogP contribution in [0.4, 0.5) is 0 Å². The number of methoxy groups -OCH3 is 4. The molecule has 29 heavy (non-hydrogen) atoms. The van der Waals surface area contributed by atoms with Gasteiger partial charge in [-0.1, -0.05) is 6.07 Å². The molecule has 0 bridgehead atoms. The van der Waals surface area contributed by atoms with Crippen LogP contribution in [0.2, 0.25) is 0 Å². The smallest absolute Gasteiger partial charge is 0.267 e. The molecule has 0 fully saturated rings. The van der Waals surface area contributed by atoms with Gasteiger partial charge in [-0.05, 0) is 18.2 Å². The average molecular weight is 400 g/mol. The first-order valence-corrected chi connectivity index (χ1v) is 8.98. The van der Waals surface area contributed by atoms with Gasteiger partial charge in [0.1, 0.15) is 29.5 Å². The molecule has 1 amide bonds. The fourth-order valence-corrected chi connectivity index (χ4v) is 2.98. The Morgan fingerprint density at radius 2 is 1.69 bits per heavy atom. The second kappa shape index (κ2) is 9.09. The van der Waals surface area contributed by atoms with Crippen molar-refractivity contribution in [1.82, 2.24) is 10.3 Å². The summed E-state index contributed by atoms with van der Waals surface area (Å²) in [5.74, 6) is 2.71. The number of carbonyl (C=O) groups excluding carboxylic acids is 1. The summed E-state index contributed by atoms with van der Waals surface area (Å²) in [6.45, 7) is 0.655. The van der Waals surface area contributed by atoms with Crippen LogP contribution in [0.15, 0.2) is 36.4 Å². The quantitative estimate of drug-likeness (QED) is 0.537. The number of H-pyrrole nitrogens is 1. The van der Waals surface area contributed by atoms with Crippen LogP contribution in [-0.4, -0.2) is 52.5 Å². The zero-order chi connectivity index (χ0) is 20.8.